The van der Waals surface area contributed by atoms with E-state index in [9.17, 15) is 14.4 Å². The van der Waals surface area contributed by atoms with Gasteiger partial charge in [0.05, 0.1) is 25.3 Å². The Morgan fingerprint density at radius 2 is 1.54 bits per heavy atom. The second-order valence-electron chi connectivity index (χ2n) is 5.52. The van der Waals surface area contributed by atoms with Crippen LogP contribution in [0.3, 0.4) is 0 Å². The van der Waals surface area contributed by atoms with E-state index in [2.05, 4.69) is 21.7 Å². The van der Waals surface area contributed by atoms with Crippen molar-refractivity contribution in [2.75, 3.05) is 19.5 Å². The molecule has 0 fully saturated rings. The van der Waals surface area contributed by atoms with Crippen LogP contribution in [0.4, 0.5) is 5.69 Å². The Bertz CT molecular complexity index is 563. The van der Waals surface area contributed by atoms with Crippen molar-refractivity contribution in [3.63, 3.8) is 0 Å². The van der Waals surface area contributed by atoms with Crippen molar-refractivity contribution in [1.82, 2.24) is 0 Å². The molecular weight excluding hydrogens is 310 g/mol. The lowest BCUT2D eigenvalue weighted by Crippen LogP contribution is -2.22. The molecule has 0 saturated carbocycles. The number of ether oxygens (including phenoxy) is 2. The predicted octanol–water partition coefficient (Wildman–Crippen LogP) is 3.41. The van der Waals surface area contributed by atoms with Gasteiger partial charge in [0, 0.05) is 11.6 Å². The molecule has 0 aliphatic carbocycles. The highest BCUT2D eigenvalue weighted by Gasteiger charge is 2.19. The minimum absolute atomic E-state index is 0.103. The maximum Gasteiger partial charge on any atom is 0.337 e. The van der Waals surface area contributed by atoms with E-state index in [0.29, 0.717) is 5.69 Å². The van der Waals surface area contributed by atoms with E-state index in [1.54, 1.807) is 0 Å². The number of rotatable bonds is 8. The number of anilines is 1. The summed E-state index contributed by atoms with van der Waals surface area (Å²) < 4.78 is 9.37. The van der Waals surface area contributed by atoms with Gasteiger partial charge < -0.3 is 14.8 Å². The van der Waals surface area contributed by atoms with Crippen molar-refractivity contribution in [1.29, 1.82) is 0 Å². The summed E-state index contributed by atoms with van der Waals surface area (Å²) in [7, 11) is 2.51. The van der Waals surface area contributed by atoms with Gasteiger partial charge in [-0.3, -0.25) is 4.79 Å². The Balaban J connectivity index is 3.06. The number of hydrogen-bond acceptors (Lipinski definition) is 5. The molecule has 0 radical (unpaired) electrons. The number of benzene rings is 1. The molecular formula is C18H25NO5. The molecule has 0 spiro atoms. The average molecular weight is 335 g/mol. The molecule has 0 aliphatic heterocycles. The highest BCUT2D eigenvalue weighted by atomic mass is 16.5. The minimum Gasteiger partial charge on any atom is -0.465 e. The van der Waals surface area contributed by atoms with Crippen molar-refractivity contribution < 1.29 is 23.9 Å². The zero-order chi connectivity index (χ0) is 18.1. The number of esters is 2. The van der Waals surface area contributed by atoms with E-state index in [1.165, 1.54) is 32.4 Å². The van der Waals surface area contributed by atoms with Crippen molar-refractivity contribution >= 4 is 23.5 Å². The minimum atomic E-state index is -0.589. The lowest BCUT2D eigenvalue weighted by atomic mass is 9.98. The van der Waals surface area contributed by atoms with Gasteiger partial charge >= 0.3 is 11.9 Å². The van der Waals surface area contributed by atoms with Crippen LogP contribution >= 0.6 is 0 Å². The molecule has 1 aromatic rings. The number of nitrogens with one attached hydrogen (secondary N) is 1. The predicted molar refractivity (Wildman–Crippen MR) is 91.1 cm³/mol. The molecule has 0 aromatic heterocycles. The van der Waals surface area contributed by atoms with Crippen LogP contribution < -0.4 is 5.32 Å². The highest BCUT2D eigenvalue weighted by molar-refractivity contribution is 5.99. The molecule has 0 heterocycles. The van der Waals surface area contributed by atoms with E-state index < -0.39 is 11.9 Å². The molecule has 132 valence electrons. The van der Waals surface area contributed by atoms with Gasteiger partial charge in [0.15, 0.2) is 0 Å². The number of carbonyl (C=O) groups is 3. The van der Waals surface area contributed by atoms with Gasteiger partial charge in [0.25, 0.3) is 0 Å². The van der Waals surface area contributed by atoms with Gasteiger partial charge in [0.2, 0.25) is 5.91 Å². The fraction of sp³-hybridized carbons (Fsp3) is 0.500. The molecule has 24 heavy (non-hydrogen) atoms. The van der Waals surface area contributed by atoms with Gasteiger partial charge in [-0.1, -0.05) is 26.7 Å². The molecule has 1 N–H and O–H groups in total. The first-order chi connectivity index (χ1) is 11.5. The third kappa shape index (κ3) is 5.37. The second-order valence-corrected chi connectivity index (χ2v) is 5.52. The molecule has 0 aliphatic rings. The molecule has 6 nitrogen and oxygen atoms in total. The fourth-order valence-corrected chi connectivity index (χ4v) is 2.39. The number of carbonyl (C=O) groups excluding carboxylic acids is 3. The standard InChI is InChI=1S/C18H25NO5/c1-5-7-8-12(6-2)16(20)19-15-10-13(17(21)23-3)9-14(11-15)18(22)24-4/h9-12H,5-8H2,1-4H3,(H,19,20). The zero-order valence-electron chi connectivity index (χ0n) is 14.7. The molecule has 1 unspecified atom stereocenters. The molecule has 1 atom stereocenters. The summed E-state index contributed by atoms with van der Waals surface area (Å²) in [6.45, 7) is 4.04. The van der Waals surface area contributed by atoms with Crippen LogP contribution in [0.5, 0.6) is 0 Å². The molecule has 1 amide bonds. The normalized spacial score (nSPS) is 11.5. The molecule has 6 heteroatoms. The molecule has 0 saturated heterocycles. The average Bonchev–Trinajstić information content (AvgIpc) is 2.60. The summed E-state index contributed by atoms with van der Waals surface area (Å²) in [4.78, 5) is 35.9. The van der Waals surface area contributed by atoms with E-state index in [1.807, 2.05) is 6.92 Å². The lowest BCUT2D eigenvalue weighted by molar-refractivity contribution is -0.120. The molecule has 1 rings (SSSR count). The molecule has 1 aromatic carbocycles. The second kappa shape index (κ2) is 9.70. The summed E-state index contributed by atoms with van der Waals surface area (Å²) in [5.74, 6) is -1.40. The largest absolute Gasteiger partial charge is 0.465 e. The number of unbranched alkanes of at least 4 members (excludes halogenated alkanes) is 1. The number of methoxy groups -OCH3 is 2. The van der Waals surface area contributed by atoms with Crippen molar-refractivity contribution in [2.24, 2.45) is 5.92 Å². The van der Waals surface area contributed by atoms with Gasteiger partial charge in [-0.2, -0.15) is 0 Å². The van der Waals surface area contributed by atoms with Crippen molar-refractivity contribution in [3.05, 3.63) is 29.3 Å². The van der Waals surface area contributed by atoms with Crippen LogP contribution in [0, 0.1) is 5.92 Å². The van der Waals surface area contributed by atoms with Crippen LogP contribution in [0.2, 0.25) is 0 Å². The quantitative estimate of drug-likeness (QED) is 0.736. The Morgan fingerprint density at radius 3 is 1.96 bits per heavy atom. The maximum absolute atomic E-state index is 12.4. The van der Waals surface area contributed by atoms with E-state index >= 15 is 0 Å². The monoisotopic (exact) mass is 335 g/mol. The van der Waals surface area contributed by atoms with Crippen LogP contribution in [-0.2, 0) is 14.3 Å². The first-order valence-electron chi connectivity index (χ1n) is 8.09. The van der Waals surface area contributed by atoms with E-state index in [-0.39, 0.29) is 23.0 Å². The van der Waals surface area contributed by atoms with Gasteiger partial charge in [0.1, 0.15) is 0 Å². The van der Waals surface area contributed by atoms with Crippen molar-refractivity contribution in [3.8, 4) is 0 Å². The third-order valence-electron chi connectivity index (χ3n) is 3.81. The first-order valence-corrected chi connectivity index (χ1v) is 8.09. The Hall–Kier alpha value is -2.37. The third-order valence-corrected chi connectivity index (χ3v) is 3.81. The Kier molecular flexibility index (Phi) is 7.95. The van der Waals surface area contributed by atoms with Crippen LogP contribution in [0.25, 0.3) is 0 Å². The van der Waals surface area contributed by atoms with E-state index in [0.717, 1.165) is 25.7 Å². The Morgan fingerprint density at radius 1 is 1.00 bits per heavy atom. The SMILES string of the molecule is CCCCC(CC)C(=O)Nc1cc(C(=O)OC)cc(C(=O)OC)c1. The van der Waals surface area contributed by atoms with Crippen LogP contribution in [0.1, 0.15) is 60.2 Å². The van der Waals surface area contributed by atoms with E-state index in [4.69, 9.17) is 0 Å². The number of hydrogen-bond donors (Lipinski definition) is 1. The van der Waals surface area contributed by atoms with Crippen LogP contribution in [0.15, 0.2) is 18.2 Å². The summed E-state index contributed by atoms with van der Waals surface area (Å²) in [5, 5.41) is 2.79. The topological polar surface area (TPSA) is 81.7 Å². The molecule has 0 bridgehead atoms. The number of amides is 1. The fourth-order valence-electron chi connectivity index (χ4n) is 2.39. The van der Waals surface area contributed by atoms with Gasteiger partial charge in [-0.15, -0.1) is 0 Å². The Labute approximate surface area is 142 Å². The van der Waals surface area contributed by atoms with Gasteiger partial charge in [-0.05, 0) is 31.0 Å². The zero-order valence-corrected chi connectivity index (χ0v) is 14.7. The highest BCUT2D eigenvalue weighted by Crippen LogP contribution is 2.20. The lowest BCUT2D eigenvalue weighted by Gasteiger charge is -2.15. The summed E-state index contributed by atoms with van der Waals surface area (Å²) in [6.07, 6.45) is 3.53. The maximum atomic E-state index is 12.4. The van der Waals surface area contributed by atoms with Crippen LogP contribution in [-0.4, -0.2) is 32.1 Å². The smallest absolute Gasteiger partial charge is 0.337 e. The van der Waals surface area contributed by atoms with Crippen molar-refractivity contribution in [2.45, 2.75) is 39.5 Å². The summed E-state index contributed by atoms with van der Waals surface area (Å²) >= 11 is 0. The van der Waals surface area contributed by atoms with Gasteiger partial charge in [-0.25, -0.2) is 9.59 Å². The summed E-state index contributed by atoms with van der Waals surface area (Å²) in [5.41, 5.74) is 0.730. The summed E-state index contributed by atoms with van der Waals surface area (Å²) in [6, 6.07) is 4.35. The first kappa shape index (κ1) is 19.7.